The van der Waals surface area contributed by atoms with Gasteiger partial charge in [0.05, 0.1) is 4.47 Å². The fraction of sp³-hybridized carbons (Fsp3) is 0.455. The first-order chi connectivity index (χ1) is 7.11. The molecule has 0 bridgehead atoms. The van der Waals surface area contributed by atoms with Gasteiger partial charge in [0.1, 0.15) is 0 Å². The molecule has 1 saturated carbocycles. The maximum absolute atomic E-state index is 13.4. The number of hydrogen-bond donors (Lipinski definition) is 2. The second kappa shape index (κ2) is 5.34. The van der Waals surface area contributed by atoms with Gasteiger partial charge in [0.25, 0.3) is 0 Å². The van der Waals surface area contributed by atoms with E-state index in [-0.39, 0.29) is 28.7 Å². The predicted octanol–water partition coefficient (Wildman–Crippen LogP) is 3.52. The van der Waals surface area contributed by atoms with Gasteiger partial charge in [0.15, 0.2) is 11.6 Å². The summed E-state index contributed by atoms with van der Waals surface area (Å²) in [7, 11) is 0. The van der Waals surface area contributed by atoms with Crippen molar-refractivity contribution in [1.29, 1.82) is 0 Å². The normalized spacial score (nSPS) is 17.4. The first-order valence-corrected chi connectivity index (χ1v) is 5.83. The van der Waals surface area contributed by atoms with Crippen LogP contribution in [0.3, 0.4) is 0 Å². The lowest BCUT2D eigenvalue weighted by Gasteiger charge is -2.31. The van der Waals surface area contributed by atoms with Crippen LogP contribution in [0.5, 0.6) is 5.75 Å². The maximum Gasteiger partial charge on any atom is 0.179 e. The Balaban J connectivity index is 0.00000128. The van der Waals surface area contributed by atoms with E-state index in [0.717, 1.165) is 12.8 Å². The quantitative estimate of drug-likeness (QED) is 0.878. The number of phenols is 1. The highest BCUT2D eigenvalue weighted by atomic mass is 79.9. The zero-order chi connectivity index (χ0) is 11.0. The molecule has 0 heterocycles. The number of phenolic OH excluding ortho intramolecular Hbond substituents is 1. The van der Waals surface area contributed by atoms with Crippen LogP contribution in [0.2, 0.25) is 0 Å². The van der Waals surface area contributed by atoms with Crippen molar-refractivity contribution in [2.45, 2.75) is 25.3 Å². The van der Waals surface area contributed by atoms with E-state index in [9.17, 15) is 9.50 Å². The number of hydrogen-bond acceptors (Lipinski definition) is 2. The van der Waals surface area contributed by atoms with Crippen molar-refractivity contribution in [3.05, 3.63) is 28.0 Å². The molecule has 1 atom stereocenters. The number of benzene rings is 1. The Labute approximate surface area is 109 Å². The number of rotatable bonds is 2. The lowest BCUT2D eigenvalue weighted by molar-refractivity contribution is 0.259. The van der Waals surface area contributed by atoms with Crippen LogP contribution in [-0.2, 0) is 0 Å². The van der Waals surface area contributed by atoms with Gasteiger partial charge in [0, 0.05) is 11.6 Å². The van der Waals surface area contributed by atoms with Gasteiger partial charge in [-0.3, -0.25) is 0 Å². The predicted molar refractivity (Wildman–Crippen MR) is 67.3 cm³/mol. The third-order valence-electron chi connectivity index (χ3n) is 3.12. The maximum atomic E-state index is 13.4. The molecule has 5 heteroatoms. The summed E-state index contributed by atoms with van der Waals surface area (Å²) in [5.41, 5.74) is 6.49. The average molecular weight is 311 g/mol. The van der Waals surface area contributed by atoms with E-state index in [2.05, 4.69) is 15.9 Å². The lowest BCUT2D eigenvalue weighted by Crippen LogP contribution is -2.27. The van der Waals surface area contributed by atoms with Crippen molar-refractivity contribution >= 4 is 28.3 Å². The summed E-state index contributed by atoms with van der Waals surface area (Å²) in [6.07, 6.45) is 3.31. The van der Waals surface area contributed by atoms with Gasteiger partial charge in [-0.05, 0) is 40.8 Å². The topological polar surface area (TPSA) is 46.2 Å². The minimum absolute atomic E-state index is 0. The molecule has 1 aliphatic rings. The minimum atomic E-state index is -0.623. The van der Waals surface area contributed by atoms with E-state index in [1.807, 2.05) is 0 Å². The Morgan fingerprint density at radius 3 is 2.56 bits per heavy atom. The van der Waals surface area contributed by atoms with Crippen molar-refractivity contribution in [2.24, 2.45) is 11.7 Å². The monoisotopic (exact) mass is 309 g/mol. The highest BCUT2D eigenvalue weighted by Crippen LogP contribution is 2.40. The Kier molecular flexibility index (Phi) is 4.59. The van der Waals surface area contributed by atoms with Gasteiger partial charge in [-0.1, -0.05) is 12.5 Å². The van der Waals surface area contributed by atoms with Crippen LogP contribution < -0.4 is 5.73 Å². The summed E-state index contributed by atoms with van der Waals surface area (Å²) >= 11 is 3.02. The van der Waals surface area contributed by atoms with Crippen LogP contribution in [0.15, 0.2) is 16.6 Å². The van der Waals surface area contributed by atoms with Crippen molar-refractivity contribution in [3.63, 3.8) is 0 Å². The Morgan fingerprint density at radius 2 is 2.06 bits per heavy atom. The molecule has 90 valence electrons. The molecule has 1 aromatic carbocycles. The summed E-state index contributed by atoms with van der Waals surface area (Å²) in [5, 5.41) is 9.63. The molecular weight excluding hydrogens is 296 g/mol. The molecule has 0 unspecified atom stereocenters. The number of nitrogens with two attached hydrogens (primary N) is 1. The van der Waals surface area contributed by atoms with Crippen molar-refractivity contribution < 1.29 is 9.50 Å². The van der Waals surface area contributed by atoms with Gasteiger partial charge in [-0.2, -0.15) is 0 Å². The van der Waals surface area contributed by atoms with Crippen LogP contribution in [0.25, 0.3) is 0 Å². The van der Waals surface area contributed by atoms with Gasteiger partial charge in [-0.25, -0.2) is 4.39 Å². The molecular formula is C11H14BrClFNO. The summed E-state index contributed by atoms with van der Waals surface area (Å²) in [6, 6.07) is 3.02. The van der Waals surface area contributed by atoms with E-state index >= 15 is 0 Å². The highest BCUT2D eigenvalue weighted by molar-refractivity contribution is 9.10. The van der Waals surface area contributed by atoms with Gasteiger partial charge in [0.2, 0.25) is 0 Å². The first kappa shape index (κ1) is 13.7. The molecule has 2 nitrogen and oxygen atoms in total. The molecule has 0 aromatic heterocycles. The van der Waals surface area contributed by atoms with E-state index < -0.39 is 5.82 Å². The SMILES string of the molecule is Cl.N[C@@H](c1ccc(Br)c(F)c1O)C1CCC1. The van der Waals surface area contributed by atoms with E-state index in [0.29, 0.717) is 11.5 Å². The zero-order valence-corrected chi connectivity index (χ0v) is 11.0. The summed E-state index contributed by atoms with van der Waals surface area (Å²) in [5.74, 6) is -0.553. The zero-order valence-electron chi connectivity index (χ0n) is 8.62. The van der Waals surface area contributed by atoms with Crippen LogP contribution in [0, 0.1) is 11.7 Å². The van der Waals surface area contributed by atoms with Crippen LogP contribution in [0.1, 0.15) is 30.9 Å². The van der Waals surface area contributed by atoms with Gasteiger partial charge in [-0.15, -0.1) is 12.4 Å². The minimum Gasteiger partial charge on any atom is -0.505 e. The van der Waals surface area contributed by atoms with Crippen molar-refractivity contribution in [3.8, 4) is 5.75 Å². The molecule has 16 heavy (non-hydrogen) atoms. The summed E-state index contributed by atoms with van der Waals surface area (Å²) in [6.45, 7) is 0. The molecule has 0 saturated heterocycles. The van der Waals surface area contributed by atoms with Gasteiger partial charge >= 0.3 is 0 Å². The molecule has 1 aliphatic carbocycles. The molecule has 0 amide bonds. The highest BCUT2D eigenvalue weighted by Gasteiger charge is 2.28. The number of halogens is 3. The van der Waals surface area contributed by atoms with Gasteiger partial charge < -0.3 is 10.8 Å². The van der Waals surface area contributed by atoms with E-state index in [4.69, 9.17) is 5.73 Å². The third kappa shape index (κ3) is 2.34. The average Bonchev–Trinajstić information content (AvgIpc) is 2.11. The van der Waals surface area contributed by atoms with Crippen LogP contribution in [0.4, 0.5) is 4.39 Å². The summed E-state index contributed by atoms with van der Waals surface area (Å²) < 4.78 is 13.7. The molecule has 1 aromatic rings. The van der Waals surface area contributed by atoms with Crippen LogP contribution in [-0.4, -0.2) is 5.11 Å². The third-order valence-corrected chi connectivity index (χ3v) is 3.73. The molecule has 0 aliphatic heterocycles. The second-order valence-electron chi connectivity index (χ2n) is 4.02. The largest absolute Gasteiger partial charge is 0.505 e. The number of aromatic hydroxyl groups is 1. The molecule has 3 N–H and O–H groups in total. The van der Waals surface area contributed by atoms with Crippen molar-refractivity contribution in [2.75, 3.05) is 0 Å². The second-order valence-corrected chi connectivity index (χ2v) is 4.87. The smallest absolute Gasteiger partial charge is 0.179 e. The van der Waals surface area contributed by atoms with E-state index in [1.165, 1.54) is 6.42 Å². The molecule has 0 spiro atoms. The van der Waals surface area contributed by atoms with Crippen molar-refractivity contribution in [1.82, 2.24) is 0 Å². The molecule has 0 radical (unpaired) electrons. The fourth-order valence-electron chi connectivity index (χ4n) is 1.88. The Bertz CT molecular complexity index is 384. The lowest BCUT2D eigenvalue weighted by atomic mass is 9.77. The molecule has 2 rings (SSSR count). The fourth-order valence-corrected chi connectivity index (χ4v) is 2.20. The Morgan fingerprint density at radius 1 is 1.44 bits per heavy atom. The van der Waals surface area contributed by atoms with E-state index in [1.54, 1.807) is 12.1 Å². The first-order valence-electron chi connectivity index (χ1n) is 5.03. The van der Waals surface area contributed by atoms with Crippen LogP contribution >= 0.6 is 28.3 Å². The molecule has 1 fully saturated rings. The standard InChI is InChI=1S/C11H13BrFNO.ClH/c12-8-5-4-7(11(15)9(8)13)10(14)6-2-1-3-6;/h4-6,10,15H,1-3,14H2;1H/t10-;/m1./s1. The Hall–Kier alpha value is -0.320. The summed E-state index contributed by atoms with van der Waals surface area (Å²) in [4.78, 5) is 0.